The van der Waals surface area contributed by atoms with E-state index in [2.05, 4.69) is 11.1 Å². The van der Waals surface area contributed by atoms with Crippen LogP contribution in [0.2, 0.25) is 0 Å². The average Bonchev–Trinajstić information content (AvgIpc) is 2.85. The summed E-state index contributed by atoms with van der Waals surface area (Å²) in [6, 6.07) is 2.20. The summed E-state index contributed by atoms with van der Waals surface area (Å²) in [5, 5.41) is 20.6. The van der Waals surface area contributed by atoms with E-state index in [1.54, 1.807) is 19.2 Å². The monoisotopic (exact) mass is 281 g/mol. The normalized spacial score (nSPS) is 12.8. The fourth-order valence-electron chi connectivity index (χ4n) is 1.52. The van der Waals surface area contributed by atoms with Crippen LogP contribution in [0.4, 0.5) is 5.13 Å². The molecule has 0 spiro atoms. The van der Waals surface area contributed by atoms with Crippen LogP contribution in [-0.4, -0.2) is 29.1 Å². The lowest BCUT2D eigenvalue weighted by atomic mass is 9.90. The highest BCUT2D eigenvalue weighted by molar-refractivity contribution is 7.13. The Labute approximate surface area is 117 Å². The summed E-state index contributed by atoms with van der Waals surface area (Å²) >= 11 is 1.42. The molecule has 1 N–H and O–H groups in total. The Morgan fingerprint density at radius 2 is 2.32 bits per heavy atom. The number of aliphatic carboxylic acids is 1. The van der Waals surface area contributed by atoms with Crippen molar-refractivity contribution in [1.29, 1.82) is 5.26 Å². The van der Waals surface area contributed by atoms with Gasteiger partial charge in [0, 0.05) is 18.5 Å². The first-order chi connectivity index (χ1) is 8.82. The van der Waals surface area contributed by atoms with E-state index in [9.17, 15) is 9.90 Å². The van der Waals surface area contributed by atoms with Gasteiger partial charge in [0.15, 0.2) is 5.13 Å². The Bertz CT molecular complexity index is 490. The van der Waals surface area contributed by atoms with Gasteiger partial charge in [0.05, 0.1) is 17.7 Å². The summed E-state index contributed by atoms with van der Waals surface area (Å²) in [7, 11) is 0. The Balaban J connectivity index is 2.95. The molecule has 104 valence electrons. The predicted molar refractivity (Wildman–Crippen MR) is 75.4 cm³/mol. The van der Waals surface area contributed by atoms with E-state index in [-0.39, 0.29) is 5.92 Å². The molecule has 0 aliphatic heterocycles. The molecular weight excluding hydrogens is 262 g/mol. The molecule has 5 nitrogen and oxygen atoms in total. The molecular formula is C13H19N3O2S. The second-order valence-electron chi connectivity index (χ2n) is 5.01. The highest BCUT2D eigenvalue weighted by atomic mass is 32.1. The Kier molecular flexibility index (Phi) is 4.90. The van der Waals surface area contributed by atoms with Gasteiger partial charge in [-0.2, -0.15) is 5.26 Å². The van der Waals surface area contributed by atoms with Crippen molar-refractivity contribution >= 4 is 22.4 Å². The van der Waals surface area contributed by atoms with Crippen LogP contribution in [0.1, 0.15) is 33.4 Å². The van der Waals surface area contributed by atoms with Crippen LogP contribution in [0, 0.1) is 17.2 Å². The zero-order valence-electron chi connectivity index (χ0n) is 11.7. The van der Waals surface area contributed by atoms with Gasteiger partial charge in [0.25, 0.3) is 0 Å². The van der Waals surface area contributed by atoms with Gasteiger partial charge >= 0.3 is 5.97 Å². The van der Waals surface area contributed by atoms with E-state index < -0.39 is 11.4 Å². The number of nitrogens with zero attached hydrogens (tertiary/aromatic N) is 3. The molecule has 6 heteroatoms. The SMILES string of the molecule is CCN(CC(C)C#N)c1nc(C(C)(C)C(=O)O)cs1. The molecule has 1 aromatic heterocycles. The highest BCUT2D eigenvalue weighted by Crippen LogP contribution is 2.29. The van der Waals surface area contributed by atoms with E-state index >= 15 is 0 Å². The summed E-state index contributed by atoms with van der Waals surface area (Å²) in [6.45, 7) is 8.48. The summed E-state index contributed by atoms with van der Waals surface area (Å²) in [4.78, 5) is 17.6. The van der Waals surface area contributed by atoms with Crippen LogP contribution in [-0.2, 0) is 10.2 Å². The minimum Gasteiger partial charge on any atom is -0.481 e. The number of aromatic nitrogens is 1. The minimum atomic E-state index is -0.991. The molecule has 0 aliphatic carbocycles. The van der Waals surface area contributed by atoms with E-state index in [1.165, 1.54) is 11.3 Å². The summed E-state index contributed by atoms with van der Waals surface area (Å²) in [5.74, 6) is -0.974. The number of carboxylic acids is 1. The summed E-state index contributed by atoms with van der Waals surface area (Å²) in [5.41, 5.74) is -0.433. The lowest BCUT2D eigenvalue weighted by molar-refractivity contribution is -0.142. The van der Waals surface area contributed by atoms with Crippen LogP contribution in [0.3, 0.4) is 0 Å². The molecule has 0 amide bonds. The van der Waals surface area contributed by atoms with Crippen molar-refractivity contribution in [2.75, 3.05) is 18.0 Å². The van der Waals surface area contributed by atoms with Crippen LogP contribution >= 0.6 is 11.3 Å². The largest absolute Gasteiger partial charge is 0.481 e. The first-order valence-corrected chi connectivity index (χ1v) is 7.04. The van der Waals surface area contributed by atoms with E-state index in [1.807, 2.05) is 18.7 Å². The molecule has 19 heavy (non-hydrogen) atoms. The van der Waals surface area contributed by atoms with Crippen molar-refractivity contribution in [1.82, 2.24) is 4.98 Å². The molecule has 0 saturated heterocycles. The smallest absolute Gasteiger partial charge is 0.315 e. The van der Waals surface area contributed by atoms with Gasteiger partial charge in [-0.15, -0.1) is 11.3 Å². The van der Waals surface area contributed by atoms with Gasteiger partial charge in [-0.1, -0.05) is 0 Å². The Hall–Kier alpha value is -1.61. The predicted octanol–water partition coefficient (Wildman–Crippen LogP) is 2.49. The fourth-order valence-corrected chi connectivity index (χ4v) is 2.59. The van der Waals surface area contributed by atoms with Gasteiger partial charge in [0.2, 0.25) is 0 Å². The summed E-state index contributed by atoms with van der Waals surface area (Å²) < 4.78 is 0. The molecule has 1 heterocycles. The fraction of sp³-hybridized carbons (Fsp3) is 0.615. The molecule has 1 atom stereocenters. The van der Waals surface area contributed by atoms with Crippen molar-refractivity contribution < 1.29 is 9.90 Å². The zero-order chi connectivity index (χ0) is 14.6. The van der Waals surface area contributed by atoms with Gasteiger partial charge in [-0.25, -0.2) is 4.98 Å². The van der Waals surface area contributed by atoms with Crippen LogP contribution in [0.15, 0.2) is 5.38 Å². The van der Waals surface area contributed by atoms with Gasteiger partial charge in [-0.05, 0) is 27.7 Å². The molecule has 0 aromatic carbocycles. The van der Waals surface area contributed by atoms with E-state index in [4.69, 9.17) is 5.26 Å². The number of carboxylic acid groups (broad SMARTS) is 1. The maximum absolute atomic E-state index is 11.2. The van der Waals surface area contributed by atoms with E-state index in [0.717, 1.165) is 11.7 Å². The van der Waals surface area contributed by atoms with Gasteiger partial charge in [0.1, 0.15) is 5.41 Å². The molecule has 1 rings (SSSR count). The number of carbonyl (C=O) groups is 1. The maximum atomic E-state index is 11.2. The molecule has 1 aromatic rings. The highest BCUT2D eigenvalue weighted by Gasteiger charge is 2.32. The van der Waals surface area contributed by atoms with Crippen molar-refractivity contribution in [3.05, 3.63) is 11.1 Å². The molecule has 0 aliphatic rings. The van der Waals surface area contributed by atoms with Gasteiger partial charge in [-0.3, -0.25) is 4.79 Å². The Morgan fingerprint density at radius 3 is 2.79 bits per heavy atom. The van der Waals surface area contributed by atoms with Crippen molar-refractivity contribution in [2.24, 2.45) is 5.92 Å². The van der Waals surface area contributed by atoms with E-state index in [0.29, 0.717) is 12.2 Å². The number of thiazole rings is 1. The zero-order valence-corrected chi connectivity index (χ0v) is 12.5. The Morgan fingerprint density at radius 1 is 1.68 bits per heavy atom. The molecule has 0 saturated carbocycles. The number of hydrogen-bond acceptors (Lipinski definition) is 5. The maximum Gasteiger partial charge on any atom is 0.315 e. The lowest BCUT2D eigenvalue weighted by Gasteiger charge is -2.21. The first kappa shape index (κ1) is 15.4. The number of rotatable bonds is 6. The summed E-state index contributed by atoms with van der Waals surface area (Å²) in [6.07, 6.45) is 0. The van der Waals surface area contributed by atoms with Crippen LogP contribution in [0.5, 0.6) is 0 Å². The third kappa shape index (κ3) is 3.44. The molecule has 0 bridgehead atoms. The van der Waals surface area contributed by atoms with Gasteiger partial charge < -0.3 is 10.0 Å². The third-order valence-electron chi connectivity index (χ3n) is 3.03. The average molecular weight is 281 g/mol. The van der Waals surface area contributed by atoms with Crippen molar-refractivity contribution in [3.63, 3.8) is 0 Å². The second-order valence-corrected chi connectivity index (χ2v) is 5.85. The van der Waals surface area contributed by atoms with Crippen molar-refractivity contribution in [2.45, 2.75) is 33.1 Å². The molecule has 0 fully saturated rings. The third-order valence-corrected chi connectivity index (χ3v) is 3.94. The minimum absolute atomic E-state index is 0.0835. The first-order valence-electron chi connectivity index (χ1n) is 6.16. The number of anilines is 1. The van der Waals surface area contributed by atoms with Crippen LogP contribution in [0.25, 0.3) is 0 Å². The lowest BCUT2D eigenvalue weighted by Crippen LogP contribution is -2.30. The standard InChI is InChI=1S/C13H19N3O2S/c1-5-16(7-9(2)6-14)12-15-10(8-19-12)13(3,4)11(17)18/h8-9H,5,7H2,1-4H3,(H,17,18). The number of hydrogen-bond donors (Lipinski definition) is 1. The topological polar surface area (TPSA) is 77.2 Å². The number of nitriles is 1. The second kappa shape index (κ2) is 6.02. The molecule has 1 unspecified atom stereocenters. The van der Waals surface area contributed by atoms with Crippen molar-refractivity contribution in [3.8, 4) is 6.07 Å². The molecule has 0 radical (unpaired) electrons. The van der Waals surface area contributed by atoms with Crippen LogP contribution < -0.4 is 4.90 Å². The quantitative estimate of drug-likeness (QED) is 0.866.